The van der Waals surface area contributed by atoms with Crippen LogP contribution in [-0.2, 0) is 14.3 Å². The Kier molecular flexibility index (Phi) is 5.31. The van der Waals surface area contributed by atoms with Crippen LogP contribution in [0.5, 0.6) is 0 Å². The first-order valence-electron chi connectivity index (χ1n) is 7.29. The first-order valence-corrected chi connectivity index (χ1v) is 7.29. The van der Waals surface area contributed by atoms with Gasteiger partial charge in [-0.05, 0) is 49.2 Å². The lowest BCUT2D eigenvalue weighted by atomic mass is 10.1. The van der Waals surface area contributed by atoms with Crippen LogP contribution in [0.25, 0.3) is 0 Å². The SMILES string of the molecule is COC(=O)c1ccccc1NC(=O)C(=O)Nc1ccc(C)c(C)c1. The largest absolute Gasteiger partial charge is 0.465 e. The molecule has 0 saturated carbocycles. The van der Waals surface area contributed by atoms with Gasteiger partial charge < -0.3 is 15.4 Å². The van der Waals surface area contributed by atoms with Crippen LogP contribution in [-0.4, -0.2) is 24.9 Å². The number of carbonyl (C=O) groups is 3. The highest BCUT2D eigenvalue weighted by Gasteiger charge is 2.18. The highest BCUT2D eigenvalue weighted by atomic mass is 16.5. The number of benzene rings is 2. The van der Waals surface area contributed by atoms with E-state index in [1.54, 1.807) is 24.3 Å². The van der Waals surface area contributed by atoms with E-state index < -0.39 is 17.8 Å². The maximum atomic E-state index is 12.1. The summed E-state index contributed by atoms with van der Waals surface area (Å²) < 4.78 is 4.65. The average Bonchev–Trinajstić information content (AvgIpc) is 2.58. The Balaban J connectivity index is 2.11. The molecule has 0 aromatic heterocycles. The summed E-state index contributed by atoms with van der Waals surface area (Å²) in [4.78, 5) is 35.8. The molecule has 0 unspecified atom stereocenters. The molecule has 2 N–H and O–H groups in total. The number of ether oxygens (including phenoxy) is 1. The summed E-state index contributed by atoms with van der Waals surface area (Å²) in [7, 11) is 1.24. The highest BCUT2D eigenvalue weighted by molar-refractivity contribution is 6.43. The van der Waals surface area contributed by atoms with Crippen molar-refractivity contribution >= 4 is 29.2 Å². The Hall–Kier alpha value is -3.15. The van der Waals surface area contributed by atoms with Crippen LogP contribution in [0, 0.1) is 13.8 Å². The van der Waals surface area contributed by atoms with Gasteiger partial charge >= 0.3 is 17.8 Å². The molecule has 2 rings (SSSR count). The molecule has 2 aromatic carbocycles. The average molecular weight is 326 g/mol. The number of aryl methyl sites for hydroxylation is 2. The molecule has 0 spiro atoms. The Morgan fingerprint density at radius 3 is 2.21 bits per heavy atom. The van der Waals surface area contributed by atoms with Crippen molar-refractivity contribution < 1.29 is 19.1 Å². The third-order valence-electron chi connectivity index (χ3n) is 3.55. The van der Waals surface area contributed by atoms with Crippen LogP contribution in [0.1, 0.15) is 21.5 Å². The van der Waals surface area contributed by atoms with Gasteiger partial charge in [0.25, 0.3) is 0 Å². The van der Waals surface area contributed by atoms with Crippen molar-refractivity contribution in [2.45, 2.75) is 13.8 Å². The summed E-state index contributed by atoms with van der Waals surface area (Å²) in [6, 6.07) is 11.7. The lowest BCUT2D eigenvalue weighted by Crippen LogP contribution is -2.29. The molecular formula is C18H18N2O4. The molecule has 0 atom stereocenters. The smallest absolute Gasteiger partial charge is 0.339 e. The summed E-state index contributed by atoms with van der Waals surface area (Å²) in [5.74, 6) is -2.29. The van der Waals surface area contributed by atoms with E-state index in [9.17, 15) is 14.4 Å². The van der Waals surface area contributed by atoms with Gasteiger partial charge in [-0.15, -0.1) is 0 Å². The summed E-state index contributed by atoms with van der Waals surface area (Å²) >= 11 is 0. The highest BCUT2D eigenvalue weighted by Crippen LogP contribution is 2.17. The number of esters is 1. The van der Waals surface area contributed by atoms with E-state index >= 15 is 0 Å². The standard InChI is InChI=1S/C18H18N2O4/c1-11-8-9-13(10-12(11)2)19-16(21)17(22)20-15-7-5-4-6-14(15)18(23)24-3/h4-10H,1-3H3,(H,19,21)(H,20,22). The zero-order valence-electron chi connectivity index (χ0n) is 13.7. The van der Waals surface area contributed by atoms with E-state index in [1.165, 1.54) is 19.2 Å². The van der Waals surface area contributed by atoms with E-state index in [1.807, 2.05) is 19.9 Å². The predicted molar refractivity (Wildman–Crippen MR) is 91.0 cm³/mol. The van der Waals surface area contributed by atoms with Crippen LogP contribution in [0.3, 0.4) is 0 Å². The molecule has 124 valence electrons. The van der Waals surface area contributed by atoms with Gasteiger partial charge in [-0.2, -0.15) is 0 Å². The molecule has 2 aromatic rings. The number of methoxy groups -OCH3 is 1. The lowest BCUT2D eigenvalue weighted by molar-refractivity contribution is -0.133. The van der Waals surface area contributed by atoms with Crippen molar-refractivity contribution in [3.05, 3.63) is 59.2 Å². The first-order chi connectivity index (χ1) is 11.4. The van der Waals surface area contributed by atoms with Crippen LogP contribution in [0.15, 0.2) is 42.5 Å². The van der Waals surface area contributed by atoms with E-state index in [-0.39, 0.29) is 11.3 Å². The van der Waals surface area contributed by atoms with Crippen LogP contribution in [0.4, 0.5) is 11.4 Å². The van der Waals surface area contributed by atoms with Gasteiger partial charge in [0.2, 0.25) is 0 Å². The molecule has 0 heterocycles. The molecule has 2 amide bonds. The number of nitrogens with one attached hydrogen (secondary N) is 2. The minimum atomic E-state index is -0.871. The number of para-hydroxylation sites is 1. The van der Waals surface area contributed by atoms with Crippen molar-refractivity contribution in [1.29, 1.82) is 0 Å². The zero-order valence-corrected chi connectivity index (χ0v) is 13.7. The molecule has 0 aliphatic carbocycles. The maximum Gasteiger partial charge on any atom is 0.339 e. The molecule has 0 bridgehead atoms. The van der Waals surface area contributed by atoms with Gasteiger partial charge in [-0.25, -0.2) is 4.79 Å². The second kappa shape index (κ2) is 7.41. The lowest BCUT2D eigenvalue weighted by Gasteiger charge is -2.10. The molecular weight excluding hydrogens is 308 g/mol. The normalized spacial score (nSPS) is 9.96. The fourth-order valence-corrected chi connectivity index (χ4v) is 2.07. The van der Waals surface area contributed by atoms with Crippen molar-refractivity contribution in [2.75, 3.05) is 17.7 Å². The molecule has 24 heavy (non-hydrogen) atoms. The minimum absolute atomic E-state index is 0.173. The predicted octanol–water partition coefficient (Wildman–Crippen LogP) is 2.67. The summed E-state index contributed by atoms with van der Waals surface area (Å²) in [6.07, 6.45) is 0. The second-order valence-corrected chi connectivity index (χ2v) is 5.24. The maximum absolute atomic E-state index is 12.1. The van der Waals surface area contributed by atoms with Crippen LogP contribution >= 0.6 is 0 Å². The number of hydrogen-bond donors (Lipinski definition) is 2. The zero-order chi connectivity index (χ0) is 17.7. The number of anilines is 2. The van der Waals surface area contributed by atoms with Crippen LogP contribution in [0.2, 0.25) is 0 Å². The second-order valence-electron chi connectivity index (χ2n) is 5.24. The van der Waals surface area contributed by atoms with Crippen molar-refractivity contribution in [2.24, 2.45) is 0 Å². The molecule has 6 heteroatoms. The van der Waals surface area contributed by atoms with Gasteiger partial charge in [-0.3, -0.25) is 9.59 Å². The number of rotatable bonds is 3. The van der Waals surface area contributed by atoms with Gasteiger partial charge in [0.15, 0.2) is 0 Å². The summed E-state index contributed by atoms with van der Waals surface area (Å²) in [5.41, 5.74) is 3.00. The molecule has 0 radical (unpaired) electrons. The van der Waals surface area contributed by atoms with Crippen molar-refractivity contribution in [3.8, 4) is 0 Å². The van der Waals surface area contributed by atoms with E-state index in [0.717, 1.165) is 11.1 Å². The molecule has 0 saturated heterocycles. The summed E-state index contributed by atoms with van der Waals surface area (Å²) in [5, 5.41) is 4.95. The van der Waals surface area contributed by atoms with Crippen molar-refractivity contribution in [3.63, 3.8) is 0 Å². The number of carbonyl (C=O) groups excluding carboxylic acids is 3. The Bertz CT molecular complexity index is 799. The van der Waals surface area contributed by atoms with Gasteiger partial charge in [-0.1, -0.05) is 18.2 Å². The molecule has 0 fully saturated rings. The third-order valence-corrected chi connectivity index (χ3v) is 3.55. The summed E-state index contributed by atoms with van der Waals surface area (Å²) in [6.45, 7) is 3.87. The minimum Gasteiger partial charge on any atom is -0.465 e. The van der Waals surface area contributed by atoms with E-state index in [2.05, 4.69) is 15.4 Å². The molecule has 6 nitrogen and oxygen atoms in total. The monoisotopic (exact) mass is 326 g/mol. The molecule has 0 aliphatic heterocycles. The number of hydrogen-bond acceptors (Lipinski definition) is 4. The fraction of sp³-hybridized carbons (Fsp3) is 0.167. The van der Waals surface area contributed by atoms with Gasteiger partial charge in [0, 0.05) is 5.69 Å². The molecule has 0 aliphatic rings. The van der Waals surface area contributed by atoms with E-state index in [0.29, 0.717) is 5.69 Å². The third kappa shape index (κ3) is 3.98. The quantitative estimate of drug-likeness (QED) is 0.671. The topological polar surface area (TPSA) is 84.5 Å². The van der Waals surface area contributed by atoms with Crippen molar-refractivity contribution in [1.82, 2.24) is 0 Å². The Labute approximate surface area is 139 Å². The van der Waals surface area contributed by atoms with Crippen LogP contribution < -0.4 is 10.6 Å². The first kappa shape index (κ1) is 17.2. The van der Waals surface area contributed by atoms with Gasteiger partial charge in [0.1, 0.15) is 0 Å². The van der Waals surface area contributed by atoms with Gasteiger partial charge in [0.05, 0.1) is 18.4 Å². The fourth-order valence-electron chi connectivity index (χ4n) is 2.07. The van der Waals surface area contributed by atoms with E-state index in [4.69, 9.17) is 0 Å². The Morgan fingerprint density at radius 2 is 1.54 bits per heavy atom. The number of amides is 2. The Morgan fingerprint density at radius 1 is 0.875 bits per heavy atom.